The fourth-order valence-electron chi connectivity index (χ4n) is 3.30. The van der Waals surface area contributed by atoms with Crippen LogP contribution in [0.2, 0.25) is 0 Å². The lowest BCUT2D eigenvalue weighted by Crippen LogP contribution is -2.23. The molecule has 2 aromatic carbocycles. The van der Waals surface area contributed by atoms with E-state index >= 15 is 0 Å². The molecule has 4 nitrogen and oxygen atoms in total. The van der Waals surface area contributed by atoms with Crippen LogP contribution in [0.25, 0.3) is 0 Å². The number of aromatic nitrogens is 1. The summed E-state index contributed by atoms with van der Waals surface area (Å²) in [6, 6.07) is 19.1. The van der Waals surface area contributed by atoms with Crippen molar-refractivity contribution in [2.45, 2.75) is 33.5 Å². The minimum atomic E-state index is -0.224. The molecule has 0 unspecified atom stereocenters. The van der Waals surface area contributed by atoms with E-state index in [1.165, 1.54) is 23.3 Å². The second-order valence-electron chi connectivity index (χ2n) is 8.59. The maximum Gasteiger partial charge on any atom is 0.129 e. The van der Waals surface area contributed by atoms with Crippen LogP contribution in [0.15, 0.2) is 66.9 Å². The molecule has 1 heterocycles. The molecule has 0 spiro atoms. The number of benzene rings is 2. The third-order valence-electron chi connectivity index (χ3n) is 4.80. The molecule has 0 saturated carbocycles. The summed E-state index contributed by atoms with van der Waals surface area (Å²) in [7, 11) is 4.11. The molecule has 0 radical (unpaired) electrons. The van der Waals surface area contributed by atoms with Gasteiger partial charge >= 0.3 is 0 Å². The largest absolute Gasteiger partial charge is 0.493 e. The second kappa shape index (κ2) is 10.9. The fraction of sp³-hybridized carbons (Fsp3) is 0.346. The van der Waals surface area contributed by atoms with E-state index in [1.54, 1.807) is 0 Å². The Morgan fingerprint density at radius 3 is 2.03 bits per heavy atom. The Morgan fingerprint density at radius 1 is 0.839 bits per heavy atom. The number of hydrogen-bond donors (Lipinski definition) is 0. The number of pyridine rings is 1. The minimum absolute atomic E-state index is 0.224. The topological polar surface area (TPSA) is 28.6 Å². The average molecular weight is 422 g/mol. The van der Waals surface area contributed by atoms with Gasteiger partial charge in [0.25, 0.3) is 0 Å². The number of ether oxygens (including phenoxy) is 1. The van der Waals surface area contributed by atoms with Crippen molar-refractivity contribution in [3.63, 3.8) is 0 Å². The molecule has 31 heavy (non-hydrogen) atoms. The van der Waals surface area contributed by atoms with Crippen LogP contribution in [0, 0.1) is 11.7 Å². The molecule has 0 saturated heterocycles. The first kappa shape index (κ1) is 22.8. The monoisotopic (exact) mass is 421 g/mol. The van der Waals surface area contributed by atoms with Gasteiger partial charge in [0.2, 0.25) is 0 Å². The van der Waals surface area contributed by atoms with Gasteiger partial charge < -0.3 is 14.5 Å². The van der Waals surface area contributed by atoms with Crippen LogP contribution in [-0.4, -0.2) is 30.6 Å². The third kappa shape index (κ3) is 7.37. The summed E-state index contributed by atoms with van der Waals surface area (Å²) in [6.45, 7) is 7.17. The predicted molar refractivity (Wildman–Crippen MR) is 125 cm³/mol. The highest BCUT2D eigenvalue weighted by Crippen LogP contribution is 2.21. The molecular formula is C26H32FN3O. The van der Waals surface area contributed by atoms with Gasteiger partial charge in [0, 0.05) is 25.8 Å². The van der Waals surface area contributed by atoms with Crippen molar-refractivity contribution in [3.05, 3.63) is 89.4 Å². The zero-order valence-corrected chi connectivity index (χ0v) is 18.9. The molecule has 5 heteroatoms. The van der Waals surface area contributed by atoms with Gasteiger partial charge in [-0.1, -0.05) is 38.1 Å². The van der Waals surface area contributed by atoms with E-state index in [1.807, 2.05) is 36.5 Å². The van der Waals surface area contributed by atoms with Crippen molar-refractivity contribution in [2.75, 3.05) is 25.6 Å². The zero-order valence-electron chi connectivity index (χ0n) is 18.9. The highest BCUT2D eigenvalue weighted by atomic mass is 19.1. The van der Waals surface area contributed by atoms with Gasteiger partial charge in [0.05, 0.1) is 6.61 Å². The van der Waals surface area contributed by atoms with Crippen LogP contribution in [0.3, 0.4) is 0 Å². The summed E-state index contributed by atoms with van der Waals surface area (Å²) in [5, 5.41) is 0. The van der Waals surface area contributed by atoms with Crippen molar-refractivity contribution in [1.29, 1.82) is 0 Å². The Bertz CT molecular complexity index is 940. The fourth-order valence-corrected chi connectivity index (χ4v) is 3.30. The van der Waals surface area contributed by atoms with E-state index in [4.69, 9.17) is 4.74 Å². The molecule has 0 fully saturated rings. The van der Waals surface area contributed by atoms with Crippen molar-refractivity contribution in [3.8, 4) is 5.75 Å². The summed E-state index contributed by atoms with van der Waals surface area (Å²) in [4.78, 5) is 8.99. The van der Waals surface area contributed by atoms with E-state index in [0.29, 0.717) is 25.6 Å². The minimum Gasteiger partial charge on any atom is -0.493 e. The van der Waals surface area contributed by atoms with Gasteiger partial charge in [0.15, 0.2) is 0 Å². The lowest BCUT2D eigenvalue weighted by atomic mass is 10.1. The summed E-state index contributed by atoms with van der Waals surface area (Å²) >= 11 is 0. The average Bonchev–Trinajstić information content (AvgIpc) is 2.74. The van der Waals surface area contributed by atoms with Crippen LogP contribution in [0.5, 0.6) is 5.75 Å². The van der Waals surface area contributed by atoms with Gasteiger partial charge in [-0.2, -0.15) is 0 Å². The molecule has 1 aromatic heterocycles. The SMILES string of the molecule is CC(C)COc1ccc(CN(Cc2ccc(F)cc2)c2cc(CN(C)C)ccn2)cc1. The second-order valence-corrected chi connectivity index (χ2v) is 8.59. The smallest absolute Gasteiger partial charge is 0.129 e. The molecule has 0 aliphatic rings. The Balaban J connectivity index is 1.81. The molecule has 3 aromatic rings. The Labute approximate surface area is 185 Å². The Morgan fingerprint density at radius 2 is 1.45 bits per heavy atom. The van der Waals surface area contributed by atoms with Gasteiger partial charge in [0.1, 0.15) is 17.4 Å². The Kier molecular flexibility index (Phi) is 8.01. The van der Waals surface area contributed by atoms with Gasteiger partial charge in [-0.25, -0.2) is 9.37 Å². The summed E-state index contributed by atoms with van der Waals surface area (Å²) < 4.78 is 19.2. The van der Waals surface area contributed by atoms with Gasteiger partial charge in [-0.05, 0) is 73.1 Å². The predicted octanol–water partition coefficient (Wildman–Crippen LogP) is 5.52. The molecular weight excluding hydrogens is 389 g/mol. The van der Waals surface area contributed by atoms with Gasteiger partial charge in [-0.3, -0.25) is 0 Å². The Hall–Kier alpha value is -2.92. The van der Waals surface area contributed by atoms with Crippen molar-refractivity contribution >= 4 is 5.82 Å². The number of nitrogens with zero attached hydrogens (tertiary/aromatic N) is 3. The van der Waals surface area contributed by atoms with E-state index in [9.17, 15) is 4.39 Å². The number of rotatable bonds is 10. The molecule has 0 bridgehead atoms. The molecule has 0 aliphatic heterocycles. The van der Waals surface area contributed by atoms with Crippen LogP contribution in [0.4, 0.5) is 10.2 Å². The lowest BCUT2D eigenvalue weighted by molar-refractivity contribution is 0.271. The van der Waals surface area contributed by atoms with Gasteiger partial charge in [-0.15, -0.1) is 0 Å². The number of anilines is 1. The first-order valence-electron chi connectivity index (χ1n) is 10.7. The summed E-state index contributed by atoms with van der Waals surface area (Å²) in [5.74, 6) is 2.06. The number of hydrogen-bond acceptors (Lipinski definition) is 4. The first-order valence-corrected chi connectivity index (χ1v) is 10.7. The van der Waals surface area contributed by atoms with E-state index in [2.05, 4.69) is 60.9 Å². The first-order chi connectivity index (χ1) is 14.9. The van der Waals surface area contributed by atoms with Crippen molar-refractivity contribution in [2.24, 2.45) is 5.92 Å². The van der Waals surface area contributed by atoms with Crippen LogP contribution in [0.1, 0.15) is 30.5 Å². The van der Waals surface area contributed by atoms with Crippen molar-refractivity contribution in [1.82, 2.24) is 9.88 Å². The molecule has 164 valence electrons. The highest BCUT2D eigenvalue weighted by Gasteiger charge is 2.12. The lowest BCUT2D eigenvalue weighted by Gasteiger charge is -2.25. The van der Waals surface area contributed by atoms with Crippen molar-refractivity contribution < 1.29 is 9.13 Å². The van der Waals surface area contributed by atoms with E-state index in [0.717, 1.165) is 23.7 Å². The standard InChI is InChI=1S/C26H32FN3O/c1-20(2)19-31-25-11-7-22(8-12-25)18-30(17-21-5-9-24(27)10-6-21)26-15-23(13-14-28-26)16-29(3)4/h5-15,20H,16-19H2,1-4H3. The molecule has 0 aliphatic carbocycles. The third-order valence-corrected chi connectivity index (χ3v) is 4.80. The highest BCUT2D eigenvalue weighted by molar-refractivity contribution is 5.43. The number of halogens is 1. The molecule has 0 N–H and O–H groups in total. The normalized spacial score (nSPS) is 11.2. The maximum absolute atomic E-state index is 13.4. The van der Waals surface area contributed by atoms with E-state index in [-0.39, 0.29) is 5.82 Å². The summed E-state index contributed by atoms with van der Waals surface area (Å²) in [5.41, 5.74) is 3.41. The summed E-state index contributed by atoms with van der Waals surface area (Å²) in [6.07, 6.45) is 1.86. The van der Waals surface area contributed by atoms with Crippen LogP contribution in [-0.2, 0) is 19.6 Å². The van der Waals surface area contributed by atoms with E-state index < -0.39 is 0 Å². The van der Waals surface area contributed by atoms with Crippen LogP contribution >= 0.6 is 0 Å². The quantitative estimate of drug-likeness (QED) is 0.431. The van der Waals surface area contributed by atoms with Crippen LogP contribution < -0.4 is 9.64 Å². The molecule has 3 rings (SSSR count). The molecule has 0 atom stereocenters. The molecule has 0 amide bonds. The zero-order chi connectivity index (χ0) is 22.2. The maximum atomic E-state index is 13.4.